The Morgan fingerprint density at radius 1 is 0.933 bits per heavy atom. The summed E-state index contributed by atoms with van der Waals surface area (Å²) >= 11 is 0. The molecule has 2 aromatic carbocycles. The van der Waals surface area contributed by atoms with E-state index < -0.39 is 11.6 Å². The summed E-state index contributed by atoms with van der Waals surface area (Å²) in [4.78, 5) is 20.2. The first-order valence-electron chi connectivity index (χ1n) is 9.01. The zero-order valence-electron chi connectivity index (χ0n) is 15.8. The molecular formula is C22H16F2N4O2. The molecule has 0 radical (unpaired) electrons. The number of nitrogens with zero attached hydrogens (tertiary/aromatic N) is 2. The number of rotatable bonds is 5. The van der Waals surface area contributed by atoms with Crippen molar-refractivity contribution in [1.29, 1.82) is 0 Å². The van der Waals surface area contributed by atoms with Crippen LogP contribution < -0.4 is 15.4 Å². The number of halogens is 2. The molecule has 2 aromatic heterocycles. The fourth-order valence-corrected chi connectivity index (χ4v) is 2.82. The molecule has 1 amide bonds. The number of anilines is 2. The topological polar surface area (TPSA) is 76.1 Å². The Labute approximate surface area is 170 Å². The Bertz CT molecular complexity index is 1250. The highest BCUT2D eigenvalue weighted by Gasteiger charge is 2.08. The van der Waals surface area contributed by atoms with Gasteiger partial charge in [0, 0.05) is 36.5 Å². The van der Waals surface area contributed by atoms with Crippen molar-refractivity contribution in [3.63, 3.8) is 0 Å². The largest absolute Gasteiger partial charge is 0.457 e. The number of carbonyl (C=O) groups is 1. The zero-order chi connectivity index (χ0) is 21.1. The molecule has 0 saturated heterocycles. The summed E-state index contributed by atoms with van der Waals surface area (Å²) in [6, 6.07) is 15.7. The first-order chi connectivity index (χ1) is 14.5. The number of fused-ring (bicyclic) bond motifs is 1. The Balaban J connectivity index is 1.54. The highest BCUT2D eigenvalue weighted by Crippen LogP contribution is 2.27. The molecule has 0 bridgehead atoms. The maximum absolute atomic E-state index is 13.4. The lowest BCUT2D eigenvalue weighted by Gasteiger charge is -2.09. The Morgan fingerprint density at radius 2 is 1.77 bits per heavy atom. The molecule has 6 nitrogen and oxygen atoms in total. The molecule has 2 heterocycles. The summed E-state index contributed by atoms with van der Waals surface area (Å²) in [6.07, 6.45) is 1.50. The first kappa shape index (κ1) is 19.3. The lowest BCUT2D eigenvalue weighted by atomic mass is 10.2. The van der Waals surface area contributed by atoms with Gasteiger partial charge in [0.05, 0.1) is 5.52 Å². The molecule has 0 aliphatic carbocycles. The highest BCUT2D eigenvalue weighted by atomic mass is 19.2. The fraction of sp³-hybridized carbons (Fsp3) is 0.0455. The van der Waals surface area contributed by atoms with Crippen LogP contribution in [0.1, 0.15) is 10.5 Å². The molecule has 30 heavy (non-hydrogen) atoms. The van der Waals surface area contributed by atoms with Crippen LogP contribution in [0.2, 0.25) is 0 Å². The number of aromatic nitrogens is 2. The standard InChI is InChI=1S/C22H16F2N4O2/c1-25-22(29)20-12-16(8-9-26-20)30-15-4-6-19-13(10-15)2-7-21(28-19)27-14-3-5-17(23)18(24)11-14/h2-12H,1H3,(H,25,29)(H,27,28). The van der Waals surface area contributed by atoms with Crippen LogP contribution >= 0.6 is 0 Å². The van der Waals surface area contributed by atoms with Gasteiger partial charge in [-0.1, -0.05) is 0 Å². The zero-order valence-corrected chi connectivity index (χ0v) is 15.8. The van der Waals surface area contributed by atoms with Crippen molar-refractivity contribution in [2.45, 2.75) is 0 Å². The average molecular weight is 406 g/mol. The monoisotopic (exact) mass is 406 g/mol. The van der Waals surface area contributed by atoms with Gasteiger partial charge in [0.25, 0.3) is 5.91 Å². The predicted molar refractivity (Wildman–Crippen MR) is 109 cm³/mol. The molecule has 0 aliphatic heterocycles. The van der Waals surface area contributed by atoms with Gasteiger partial charge in [0.2, 0.25) is 0 Å². The van der Waals surface area contributed by atoms with Crippen molar-refractivity contribution in [3.8, 4) is 11.5 Å². The number of hydrogen-bond acceptors (Lipinski definition) is 5. The number of ether oxygens (including phenoxy) is 1. The molecule has 8 heteroatoms. The number of carbonyl (C=O) groups excluding carboxylic acids is 1. The SMILES string of the molecule is CNC(=O)c1cc(Oc2ccc3nc(Nc4ccc(F)c(F)c4)ccc3c2)ccn1. The van der Waals surface area contributed by atoms with Crippen LogP contribution in [0.25, 0.3) is 10.9 Å². The van der Waals surface area contributed by atoms with Gasteiger partial charge in [-0.05, 0) is 48.5 Å². The molecule has 4 aromatic rings. The third-order valence-electron chi connectivity index (χ3n) is 4.28. The van der Waals surface area contributed by atoms with E-state index >= 15 is 0 Å². The molecular weight excluding hydrogens is 390 g/mol. The first-order valence-corrected chi connectivity index (χ1v) is 9.01. The summed E-state index contributed by atoms with van der Waals surface area (Å²) in [5.74, 6) is -0.600. The summed E-state index contributed by atoms with van der Waals surface area (Å²) in [5.41, 5.74) is 1.34. The van der Waals surface area contributed by atoms with Gasteiger partial charge >= 0.3 is 0 Å². The molecule has 0 atom stereocenters. The van der Waals surface area contributed by atoms with Crippen LogP contribution in [0.15, 0.2) is 66.9 Å². The van der Waals surface area contributed by atoms with Crippen molar-refractivity contribution < 1.29 is 18.3 Å². The van der Waals surface area contributed by atoms with Crippen LogP contribution in [-0.4, -0.2) is 22.9 Å². The van der Waals surface area contributed by atoms with E-state index in [2.05, 4.69) is 20.6 Å². The molecule has 0 fully saturated rings. The lowest BCUT2D eigenvalue weighted by molar-refractivity contribution is 0.0958. The van der Waals surface area contributed by atoms with E-state index in [0.29, 0.717) is 28.5 Å². The van der Waals surface area contributed by atoms with Gasteiger partial charge in [0.15, 0.2) is 11.6 Å². The normalized spacial score (nSPS) is 10.6. The van der Waals surface area contributed by atoms with E-state index in [1.54, 1.807) is 30.3 Å². The van der Waals surface area contributed by atoms with Gasteiger partial charge in [-0.2, -0.15) is 0 Å². The maximum atomic E-state index is 13.4. The number of pyridine rings is 2. The molecule has 0 aliphatic rings. The van der Waals surface area contributed by atoms with Crippen molar-refractivity contribution in [2.24, 2.45) is 0 Å². The van der Waals surface area contributed by atoms with E-state index in [0.717, 1.165) is 17.5 Å². The van der Waals surface area contributed by atoms with Gasteiger partial charge in [-0.15, -0.1) is 0 Å². The maximum Gasteiger partial charge on any atom is 0.269 e. The molecule has 4 rings (SSSR count). The molecule has 150 valence electrons. The predicted octanol–water partition coefficient (Wildman–Crippen LogP) is 4.80. The minimum absolute atomic E-state index is 0.255. The Kier molecular flexibility index (Phi) is 5.21. The van der Waals surface area contributed by atoms with Crippen molar-refractivity contribution in [3.05, 3.63) is 84.2 Å². The van der Waals surface area contributed by atoms with Crippen molar-refractivity contribution >= 4 is 28.3 Å². The molecule has 0 saturated carbocycles. The smallest absolute Gasteiger partial charge is 0.269 e. The van der Waals surface area contributed by atoms with Crippen LogP contribution in [0.3, 0.4) is 0 Å². The Hall–Kier alpha value is -4.07. The van der Waals surface area contributed by atoms with Crippen LogP contribution in [0.4, 0.5) is 20.3 Å². The van der Waals surface area contributed by atoms with Crippen LogP contribution in [-0.2, 0) is 0 Å². The second-order valence-electron chi connectivity index (χ2n) is 6.36. The third-order valence-corrected chi connectivity index (χ3v) is 4.28. The summed E-state index contributed by atoms with van der Waals surface area (Å²) < 4.78 is 32.3. The van der Waals surface area contributed by atoms with Gasteiger partial charge < -0.3 is 15.4 Å². The van der Waals surface area contributed by atoms with E-state index in [9.17, 15) is 13.6 Å². The lowest BCUT2D eigenvalue weighted by Crippen LogP contribution is -2.18. The quantitative estimate of drug-likeness (QED) is 0.498. The van der Waals surface area contributed by atoms with E-state index in [4.69, 9.17) is 4.74 Å². The van der Waals surface area contributed by atoms with Crippen molar-refractivity contribution in [2.75, 3.05) is 12.4 Å². The number of amides is 1. The average Bonchev–Trinajstić information content (AvgIpc) is 2.76. The summed E-state index contributed by atoms with van der Waals surface area (Å²) in [7, 11) is 1.53. The Morgan fingerprint density at radius 3 is 2.57 bits per heavy atom. The van der Waals surface area contributed by atoms with E-state index in [1.807, 2.05) is 12.1 Å². The van der Waals surface area contributed by atoms with Gasteiger partial charge in [0.1, 0.15) is 23.0 Å². The minimum atomic E-state index is -0.932. The number of nitrogens with one attached hydrogen (secondary N) is 2. The molecule has 0 unspecified atom stereocenters. The minimum Gasteiger partial charge on any atom is -0.457 e. The summed E-state index contributed by atoms with van der Waals surface area (Å²) in [6.45, 7) is 0. The van der Waals surface area contributed by atoms with Gasteiger partial charge in [-0.25, -0.2) is 13.8 Å². The van der Waals surface area contributed by atoms with Crippen LogP contribution in [0, 0.1) is 11.6 Å². The van der Waals surface area contributed by atoms with Gasteiger partial charge in [-0.3, -0.25) is 9.78 Å². The molecule has 0 spiro atoms. The number of hydrogen-bond donors (Lipinski definition) is 2. The number of benzene rings is 2. The second-order valence-corrected chi connectivity index (χ2v) is 6.36. The summed E-state index contributed by atoms with van der Waals surface area (Å²) in [5, 5.41) is 6.28. The third kappa shape index (κ3) is 4.17. The highest BCUT2D eigenvalue weighted by molar-refractivity contribution is 5.92. The van der Waals surface area contributed by atoms with E-state index in [-0.39, 0.29) is 11.6 Å². The van der Waals surface area contributed by atoms with E-state index in [1.165, 1.54) is 19.3 Å². The van der Waals surface area contributed by atoms with Crippen LogP contribution in [0.5, 0.6) is 11.5 Å². The molecule has 2 N–H and O–H groups in total. The second kappa shape index (κ2) is 8.12. The van der Waals surface area contributed by atoms with Crippen molar-refractivity contribution in [1.82, 2.24) is 15.3 Å². The fourth-order valence-electron chi connectivity index (χ4n) is 2.82.